The third kappa shape index (κ3) is 3.29. The van der Waals surface area contributed by atoms with Crippen LogP contribution in [0.25, 0.3) is 0 Å². The summed E-state index contributed by atoms with van der Waals surface area (Å²) in [5, 5.41) is 0. The number of unbranched alkanes of at least 4 members (excludes halogenated alkanes) is 1. The number of carbonyl (C=O) groups excluding carboxylic acids is 1. The van der Waals surface area contributed by atoms with Crippen molar-refractivity contribution in [2.24, 2.45) is 0 Å². The molecule has 0 amide bonds. The maximum atomic E-state index is 11.8. The molecule has 1 aliphatic rings. The maximum absolute atomic E-state index is 11.8. The summed E-state index contributed by atoms with van der Waals surface area (Å²) in [7, 11) is 6.09. The first-order valence-electron chi connectivity index (χ1n) is 5.54. The summed E-state index contributed by atoms with van der Waals surface area (Å²) in [6.45, 7) is 11.7. The number of hydrogen-bond donors (Lipinski definition) is 0. The van der Waals surface area contributed by atoms with E-state index in [1.165, 1.54) is 0 Å². The van der Waals surface area contributed by atoms with Gasteiger partial charge in [-0.05, 0) is 25.3 Å². The monoisotopic (exact) mass is 348 g/mol. The molecule has 0 spiro atoms. The molecular formula is C13H19ClO2Pd. The first-order chi connectivity index (χ1) is 7.99. The number of rotatable bonds is 4. The predicted molar refractivity (Wildman–Crippen MR) is 66.3 cm³/mol. The molecule has 100 valence electrons. The second kappa shape index (κ2) is 7.49. The Balaban J connectivity index is 0.00000121. The van der Waals surface area contributed by atoms with Gasteiger partial charge in [0.2, 0.25) is 0 Å². The van der Waals surface area contributed by atoms with Gasteiger partial charge in [-0.25, -0.2) is 0 Å². The Morgan fingerprint density at radius 1 is 1.47 bits per heavy atom. The molecule has 0 saturated heterocycles. The zero-order valence-corrected chi connectivity index (χ0v) is 13.0. The molecule has 17 heavy (non-hydrogen) atoms. The van der Waals surface area contributed by atoms with E-state index in [2.05, 4.69) is 34.6 Å². The topological polar surface area (TPSA) is 26.3 Å². The summed E-state index contributed by atoms with van der Waals surface area (Å²) >= 11 is 2.22. The van der Waals surface area contributed by atoms with Gasteiger partial charge in [0, 0.05) is 12.9 Å². The first-order valence-corrected chi connectivity index (χ1v) is 7.54. The number of hydrogen-bond acceptors (Lipinski definition) is 2. The van der Waals surface area contributed by atoms with Gasteiger partial charge in [-0.15, -0.1) is 5.57 Å². The van der Waals surface area contributed by atoms with Crippen LogP contribution in [0.3, 0.4) is 0 Å². The standard InChI is InChI=1S/C13H19O2.ClH.Pd/c1-6-7-8-11-9(2)12(14)10(3)13(11,4)15-5;;/h3H,6-8H2,1-2,4-5H3;1H;/q-1;;+2/p-1. The van der Waals surface area contributed by atoms with Crippen LogP contribution in [0.15, 0.2) is 16.7 Å². The zero-order chi connectivity index (χ0) is 13.6. The molecule has 2 nitrogen and oxygen atoms in total. The molecule has 1 rings (SSSR count). The van der Waals surface area contributed by atoms with E-state index in [-0.39, 0.29) is 5.78 Å². The van der Waals surface area contributed by atoms with Crippen molar-refractivity contribution in [2.45, 2.75) is 45.6 Å². The summed E-state index contributed by atoms with van der Waals surface area (Å²) in [6, 6.07) is 0. The number of carbonyl (C=O) groups is 1. The van der Waals surface area contributed by atoms with Crippen molar-refractivity contribution in [3.63, 3.8) is 0 Å². The minimum absolute atomic E-state index is 0.0505. The molecule has 0 bridgehead atoms. The fourth-order valence-electron chi connectivity index (χ4n) is 2.09. The number of methoxy groups -OCH3 is 1. The molecule has 1 atom stereocenters. The molecular weight excluding hydrogens is 330 g/mol. The normalized spacial score (nSPS) is 23.9. The van der Waals surface area contributed by atoms with Crippen LogP contribution in [-0.2, 0) is 27.7 Å². The van der Waals surface area contributed by atoms with Crippen LogP contribution in [0.4, 0.5) is 0 Å². The summed E-state index contributed by atoms with van der Waals surface area (Å²) in [4.78, 5) is 11.8. The van der Waals surface area contributed by atoms with Crippen molar-refractivity contribution in [3.05, 3.63) is 23.3 Å². The number of ether oxygens (including phenoxy) is 1. The molecule has 1 aliphatic carbocycles. The van der Waals surface area contributed by atoms with E-state index < -0.39 is 5.60 Å². The molecule has 0 aromatic carbocycles. The summed E-state index contributed by atoms with van der Waals surface area (Å²) in [5.74, 6) is -0.0505. The van der Waals surface area contributed by atoms with E-state index in [1.807, 2.05) is 13.8 Å². The summed E-state index contributed by atoms with van der Waals surface area (Å²) < 4.78 is 5.42. The van der Waals surface area contributed by atoms with Gasteiger partial charge in [-0.2, -0.15) is 0 Å². The molecule has 0 fully saturated rings. The van der Waals surface area contributed by atoms with Crippen molar-refractivity contribution < 1.29 is 27.7 Å². The summed E-state index contributed by atoms with van der Waals surface area (Å²) in [6.07, 6.45) is 3.05. The molecule has 0 aliphatic heterocycles. The van der Waals surface area contributed by atoms with Gasteiger partial charge in [-0.3, -0.25) is 6.58 Å². The van der Waals surface area contributed by atoms with Gasteiger partial charge in [-0.1, -0.05) is 25.8 Å². The van der Waals surface area contributed by atoms with Gasteiger partial charge in [0.05, 0.1) is 5.60 Å². The Hall–Kier alpha value is 0.0623. The molecule has 0 aromatic heterocycles. The Labute approximate surface area is 119 Å². The van der Waals surface area contributed by atoms with E-state index in [0.29, 0.717) is 5.57 Å². The SMILES string of the molecule is [CH-]=C1C(=O)C(C)=C(CCCC)C1(C)OC.[Cl][Pd+]. The van der Waals surface area contributed by atoms with Gasteiger partial charge >= 0.3 is 27.7 Å². The van der Waals surface area contributed by atoms with E-state index in [0.717, 1.165) is 30.4 Å². The van der Waals surface area contributed by atoms with Crippen molar-refractivity contribution in [2.75, 3.05) is 7.11 Å². The third-order valence-corrected chi connectivity index (χ3v) is 3.32. The van der Waals surface area contributed by atoms with Crippen molar-refractivity contribution in [3.8, 4) is 0 Å². The average Bonchev–Trinajstić information content (AvgIpc) is 2.53. The first kappa shape index (κ1) is 17.1. The van der Waals surface area contributed by atoms with Crippen LogP contribution < -0.4 is 0 Å². The molecule has 0 heterocycles. The van der Waals surface area contributed by atoms with Crippen molar-refractivity contribution in [1.29, 1.82) is 0 Å². The zero-order valence-electron chi connectivity index (χ0n) is 10.7. The van der Waals surface area contributed by atoms with Gasteiger partial charge in [0.15, 0.2) is 0 Å². The average molecular weight is 349 g/mol. The Kier molecular flexibility index (Phi) is 7.51. The van der Waals surface area contributed by atoms with Gasteiger partial charge in [0.1, 0.15) is 0 Å². The van der Waals surface area contributed by atoms with E-state index in [1.54, 1.807) is 7.11 Å². The van der Waals surface area contributed by atoms with Crippen LogP contribution in [0.2, 0.25) is 0 Å². The third-order valence-electron chi connectivity index (χ3n) is 3.32. The minimum atomic E-state index is -0.670. The molecule has 0 aromatic rings. The molecule has 0 radical (unpaired) electrons. The Bertz CT molecular complexity index is 336. The van der Waals surface area contributed by atoms with E-state index in [4.69, 9.17) is 11.3 Å². The second-order valence-electron chi connectivity index (χ2n) is 4.19. The fourth-order valence-corrected chi connectivity index (χ4v) is 2.09. The van der Waals surface area contributed by atoms with Gasteiger partial charge in [0.25, 0.3) is 0 Å². The Morgan fingerprint density at radius 3 is 2.41 bits per heavy atom. The number of ketones is 1. The van der Waals surface area contributed by atoms with E-state index >= 15 is 0 Å². The van der Waals surface area contributed by atoms with Crippen LogP contribution >= 0.6 is 9.53 Å². The van der Waals surface area contributed by atoms with Crippen molar-refractivity contribution >= 4 is 15.3 Å². The van der Waals surface area contributed by atoms with Gasteiger partial charge < -0.3 is 9.53 Å². The molecule has 1 unspecified atom stereocenters. The number of Topliss-reactive ketones (excluding diaryl/α,β-unsaturated/α-hetero) is 1. The Morgan fingerprint density at radius 2 is 2.00 bits per heavy atom. The van der Waals surface area contributed by atoms with Crippen LogP contribution in [0, 0.1) is 6.58 Å². The van der Waals surface area contributed by atoms with Crippen LogP contribution in [0.5, 0.6) is 0 Å². The number of allylic oxidation sites excluding steroid dienone is 1. The summed E-state index contributed by atoms with van der Waals surface area (Å²) in [5.41, 5.74) is 1.48. The quantitative estimate of drug-likeness (QED) is 0.441. The second-order valence-corrected chi connectivity index (χ2v) is 4.19. The van der Waals surface area contributed by atoms with E-state index in [9.17, 15) is 4.79 Å². The van der Waals surface area contributed by atoms with Crippen molar-refractivity contribution in [1.82, 2.24) is 0 Å². The fraction of sp³-hybridized carbons (Fsp3) is 0.615. The molecule has 4 heteroatoms. The molecule has 0 saturated carbocycles. The van der Waals surface area contributed by atoms with Crippen LogP contribution in [0.1, 0.15) is 40.0 Å². The predicted octanol–water partition coefficient (Wildman–Crippen LogP) is 3.53. The van der Waals surface area contributed by atoms with Crippen LogP contribution in [-0.4, -0.2) is 18.5 Å². The number of halogens is 1. The molecule has 0 N–H and O–H groups in total.